The van der Waals surface area contributed by atoms with Crippen LogP contribution in [0.4, 0.5) is 5.69 Å². The summed E-state index contributed by atoms with van der Waals surface area (Å²) in [4.78, 5) is 29.4. The van der Waals surface area contributed by atoms with Crippen molar-refractivity contribution in [2.24, 2.45) is 0 Å². The molecule has 0 radical (unpaired) electrons. The second-order valence-corrected chi connectivity index (χ2v) is 13.0. The van der Waals surface area contributed by atoms with Gasteiger partial charge in [-0.1, -0.05) is 55.6 Å². The van der Waals surface area contributed by atoms with Crippen molar-refractivity contribution in [2.75, 3.05) is 24.6 Å². The largest absolute Gasteiger partial charge is 0.497 e. The van der Waals surface area contributed by atoms with E-state index < -0.39 is 28.5 Å². The molecular weight excluding hydrogens is 602 g/mol. The molecule has 9 nitrogen and oxygen atoms in total. The van der Waals surface area contributed by atoms with Gasteiger partial charge < -0.3 is 19.7 Å². The normalized spacial score (nSPS) is 14.1. The molecule has 0 heterocycles. The first-order chi connectivity index (χ1) is 21.2. The fourth-order valence-electron chi connectivity index (χ4n) is 5.44. The number of hydrogen-bond acceptors (Lipinski definition) is 6. The van der Waals surface area contributed by atoms with E-state index in [1.54, 1.807) is 50.4 Å². The fraction of sp³-hybridized carbons (Fsp3) is 0.394. The first-order valence-corrected chi connectivity index (χ1v) is 16.7. The Morgan fingerprint density at radius 1 is 1.00 bits per heavy atom. The van der Waals surface area contributed by atoms with E-state index in [9.17, 15) is 18.0 Å². The Labute approximate surface area is 265 Å². The van der Waals surface area contributed by atoms with Gasteiger partial charge in [0.15, 0.2) is 0 Å². The van der Waals surface area contributed by atoms with Gasteiger partial charge in [0, 0.05) is 17.6 Å². The van der Waals surface area contributed by atoms with Crippen LogP contribution in [-0.2, 0) is 26.2 Å². The van der Waals surface area contributed by atoms with E-state index in [0.717, 1.165) is 35.6 Å². The lowest BCUT2D eigenvalue weighted by Crippen LogP contribution is -2.53. The van der Waals surface area contributed by atoms with Crippen molar-refractivity contribution in [3.8, 4) is 11.5 Å². The number of halogens is 1. The van der Waals surface area contributed by atoms with Gasteiger partial charge in [0.05, 0.1) is 24.3 Å². The third kappa shape index (κ3) is 8.04. The molecule has 1 aliphatic carbocycles. The lowest BCUT2D eigenvalue weighted by atomic mass is 10.1. The average molecular weight is 642 g/mol. The number of methoxy groups -OCH3 is 1. The molecule has 236 valence electrons. The molecule has 1 aliphatic rings. The molecule has 3 aromatic rings. The van der Waals surface area contributed by atoms with E-state index in [0.29, 0.717) is 29.5 Å². The molecule has 1 saturated carbocycles. The second-order valence-electron chi connectivity index (χ2n) is 10.7. The highest BCUT2D eigenvalue weighted by Crippen LogP contribution is 2.33. The summed E-state index contributed by atoms with van der Waals surface area (Å²) >= 11 is 6.05. The molecule has 0 aliphatic heterocycles. The summed E-state index contributed by atoms with van der Waals surface area (Å²) in [5, 5.41) is 3.50. The molecule has 0 bridgehead atoms. The van der Waals surface area contributed by atoms with Gasteiger partial charge in [-0.3, -0.25) is 13.9 Å². The summed E-state index contributed by atoms with van der Waals surface area (Å²) < 4.78 is 40.5. The van der Waals surface area contributed by atoms with Gasteiger partial charge in [0.1, 0.15) is 24.1 Å². The van der Waals surface area contributed by atoms with Crippen molar-refractivity contribution < 1.29 is 27.5 Å². The fourth-order valence-corrected chi connectivity index (χ4v) is 6.99. The molecule has 1 N–H and O–H groups in total. The number of anilines is 1. The lowest BCUT2D eigenvalue weighted by molar-refractivity contribution is -0.140. The van der Waals surface area contributed by atoms with E-state index in [-0.39, 0.29) is 29.1 Å². The number of sulfonamides is 1. The zero-order valence-electron chi connectivity index (χ0n) is 25.4. The lowest BCUT2D eigenvalue weighted by Gasteiger charge is -2.34. The number of benzene rings is 3. The van der Waals surface area contributed by atoms with E-state index in [4.69, 9.17) is 21.1 Å². The summed E-state index contributed by atoms with van der Waals surface area (Å²) in [6, 6.07) is 18.9. The van der Waals surface area contributed by atoms with Crippen molar-refractivity contribution in [1.29, 1.82) is 0 Å². The molecule has 0 spiro atoms. The maximum atomic E-state index is 14.4. The Morgan fingerprint density at radius 2 is 1.70 bits per heavy atom. The van der Waals surface area contributed by atoms with Crippen LogP contribution in [0, 0.1) is 0 Å². The van der Waals surface area contributed by atoms with Gasteiger partial charge in [-0.2, -0.15) is 0 Å². The molecule has 4 rings (SSSR count). The van der Waals surface area contributed by atoms with Crippen LogP contribution in [0.3, 0.4) is 0 Å². The Balaban J connectivity index is 1.76. The van der Waals surface area contributed by atoms with Crippen LogP contribution in [0.5, 0.6) is 11.5 Å². The Morgan fingerprint density at radius 3 is 2.36 bits per heavy atom. The zero-order valence-corrected chi connectivity index (χ0v) is 26.9. The predicted octanol–water partition coefficient (Wildman–Crippen LogP) is 5.81. The average Bonchev–Trinajstić information content (AvgIpc) is 3.53. The summed E-state index contributed by atoms with van der Waals surface area (Å²) in [6.45, 7) is 3.45. The minimum atomic E-state index is -4.27. The molecule has 3 aromatic carbocycles. The highest BCUT2D eigenvalue weighted by Gasteiger charge is 2.35. The van der Waals surface area contributed by atoms with Crippen LogP contribution in [0.25, 0.3) is 0 Å². The number of hydrogen-bond donors (Lipinski definition) is 1. The highest BCUT2D eigenvalue weighted by atomic mass is 35.5. The quantitative estimate of drug-likeness (QED) is 0.238. The molecule has 44 heavy (non-hydrogen) atoms. The molecule has 2 amide bonds. The molecule has 11 heteroatoms. The molecular formula is C33H40ClN3O6S. The maximum absolute atomic E-state index is 14.4. The van der Waals surface area contributed by atoms with Gasteiger partial charge >= 0.3 is 0 Å². The summed E-state index contributed by atoms with van der Waals surface area (Å²) in [6.07, 6.45) is 4.23. The third-order valence-corrected chi connectivity index (χ3v) is 9.71. The van der Waals surface area contributed by atoms with Gasteiger partial charge in [-0.05, 0) is 80.3 Å². The minimum Gasteiger partial charge on any atom is -0.497 e. The number of carbonyl (C=O) groups excluding carboxylic acids is 2. The highest BCUT2D eigenvalue weighted by molar-refractivity contribution is 7.92. The Hall–Kier alpha value is -3.76. The molecule has 1 fully saturated rings. The van der Waals surface area contributed by atoms with Crippen LogP contribution < -0.4 is 19.1 Å². The molecule has 0 aromatic heterocycles. The van der Waals surface area contributed by atoms with Crippen molar-refractivity contribution >= 4 is 39.1 Å². The third-order valence-electron chi connectivity index (χ3n) is 7.69. The van der Waals surface area contributed by atoms with Crippen molar-refractivity contribution in [3.05, 3.63) is 83.4 Å². The van der Waals surface area contributed by atoms with Crippen molar-refractivity contribution in [3.63, 3.8) is 0 Å². The van der Waals surface area contributed by atoms with Crippen molar-refractivity contribution in [2.45, 2.75) is 69.5 Å². The van der Waals surface area contributed by atoms with Crippen LogP contribution in [0.1, 0.15) is 51.5 Å². The summed E-state index contributed by atoms with van der Waals surface area (Å²) in [5.41, 5.74) is 0.953. The standard InChI is InChI=1S/C33H40ClN3O6S/c1-4-29(33(39)35-26-12-6-7-13-26)36(22-24-11-10-14-27(21-24)42-3)32(38)23-37(30-15-8-9-16-31(30)43-5-2)44(40,41)28-19-17-25(34)18-20-28/h8-11,14-21,26,29H,4-7,12-13,22-23H2,1-3H3,(H,35,39)/t29-/m0/s1. The van der Waals surface area contributed by atoms with Crippen molar-refractivity contribution in [1.82, 2.24) is 10.2 Å². The van der Waals surface area contributed by atoms with Crippen LogP contribution in [0.15, 0.2) is 77.7 Å². The number of nitrogens with one attached hydrogen (secondary N) is 1. The number of ether oxygens (including phenoxy) is 2. The topological polar surface area (TPSA) is 105 Å². The van der Waals surface area contributed by atoms with Crippen LogP contribution >= 0.6 is 11.6 Å². The maximum Gasteiger partial charge on any atom is 0.264 e. The Kier molecular flexibility index (Phi) is 11.5. The number of para-hydroxylation sites is 2. The molecule has 0 unspecified atom stereocenters. The minimum absolute atomic E-state index is 0.0358. The first-order valence-electron chi connectivity index (χ1n) is 14.9. The number of rotatable bonds is 14. The van der Waals surface area contributed by atoms with E-state index in [1.807, 2.05) is 19.1 Å². The molecule has 0 saturated heterocycles. The number of carbonyl (C=O) groups is 2. The van der Waals surface area contributed by atoms with Crippen LogP contribution in [-0.4, -0.2) is 57.5 Å². The number of amides is 2. The van der Waals surface area contributed by atoms with Gasteiger partial charge in [-0.15, -0.1) is 0 Å². The zero-order chi connectivity index (χ0) is 31.7. The summed E-state index contributed by atoms with van der Waals surface area (Å²) in [5.74, 6) is 0.129. The Bertz CT molecular complexity index is 1530. The molecule has 1 atom stereocenters. The van der Waals surface area contributed by atoms with E-state index in [1.165, 1.54) is 29.2 Å². The smallest absolute Gasteiger partial charge is 0.264 e. The number of nitrogens with zero attached hydrogens (tertiary/aromatic N) is 2. The monoisotopic (exact) mass is 641 g/mol. The second kappa shape index (κ2) is 15.3. The predicted molar refractivity (Wildman–Crippen MR) is 172 cm³/mol. The van der Waals surface area contributed by atoms with E-state index in [2.05, 4.69) is 5.32 Å². The van der Waals surface area contributed by atoms with E-state index >= 15 is 0 Å². The van der Waals surface area contributed by atoms with Gasteiger partial charge in [0.25, 0.3) is 10.0 Å². The first kappa shape index (κ1) is 33.1. The van der Waals surface area contributed by atoms with Gasteiger partial charge in [0.2, 0.25) is 11.8 Å². The summed E-state index contributed by atoms with van der Waals surface area (Å²) in [7, 11) is -2.71. The van der Waals surface area contributed by atoms with Crippen LogP contribution in [0.2, 0.25) is 5.02 Å². The SMILES string of the molecule is CCOc1ccccc1N(CC(=O)N(Cc1cccc(OC)c1)[C@@H](CC)C(=O)NC1CCCC1)S(=O)(=O)c1ccc(Cl)cc1. The van der Waals surface area contributed by atoms with Gasteiger partial charge in [-0.25, -0.2) is 8.42 Å².